The van der Waals surface area contributed by atoms with Crippen LogP contribution in [0.4, 0.5) is 0 Å². The Morgan fingerprint density at radius 2 is 0.889 bits per heavy atom. The van der Waals surface area contributed by atoms with Crippen molar-refractivity contribution in [1.82, 2.24) is 0 Å². The van der Waals surface area contributed by atoms with Gasteiger partial charge in [0.15, 0.2) is 0 Å². The van der Waals surface area contributed by atoms with Gasteiger partial charge in [-0.25, -0.2) is 4.57 Å². The van der Waals surface area contributed by atoms with Gasteiger partial charge in [0, 0.05) is 22.4 Å². The summed E-state index contributed by atoms with van der Waals surface area (Å²) in [7, 11) is -4.64. The molecule has 0 bridgehead atoms. The number of hydrogen-bond donors (Lipinski definition) is 3. The Hall–Kier alpha value is 4.63. The van der Waals surface area contributed by atoms with Crippen LogP contribution in [0.1, 0.15) is 0 Å². The molecule has 0 aromatic rings. The molecule has 55 valence electrons. The van der Waals surface area contributed by atoms with Crippen molar-refractivity contribution in [1.29, 1.82) is 0 Å². The van der Waals surface area contributed by atoms with Crippen LogP contribution in [0.5, 0.6) is 0 Å². The van der Waals surface area contributed by atoms with Gasteiger partial charge in [0.1, 0.15) is 0 Å². The fraction of sp³-hybridized carbons (Fsp3) is 0. The molecule has 0 aliphatic rings. The van der Waals surface area contributed by atoms with Gasteiger partial charge in [-0.15, -0.1) is 0 Å². The van der Waals surface area contributed by atoms with Crippen molar-refractivity contribution in [2.75, 3.05) is 0 Å². The summed E-state index contributed by atoms with van der Waals surface area (Å²) < 4.78 is 8.88. The van der Waals surface area contributed by atoms with E-state index in [0.717, 1.165) is 0 Å². The summed E-state index contributed by atoms with van der Waals surface area (Å²) in [4.78, 5) is 21.6. The zero-order chi connectivity index (χ0) is 4.50. The van der Waals surface area contributed by atoms with Crippen molar-refractivity contribution in [2.45, 2.75) is 0 Å². The summed E-state index contributed by atoms with van der Waals surface area (Å²) in [5.74, 6) is 0. The molecule has 1 radical (unpaired) electrons. The van der Waals surface area contributed by atoms with Crippen molar-refractivity contribution in [3.8, 4) is 0 Å². The molecule has 0 heterocycles. The summed E-state index contributed by atoms with van der Waals surface area (Å²) in [6.45, 7) is 0. The summed E-state index contributed by atoms with van der Waals surface area (Å²) in [6.07, 6.45) is 0. The molecular formula is H9AgCa3O4P. The third-order valence-electron chi connectivity index (χ3n) is 0. The van der Waals surface area contributed by atoms with Crippen molar-refractivity contribution >= 4 is 121 Å². The molecule has 4 nitrogen and oxygen atoms in total. The van der Waals surface area contributed by atoms with Gasteiger partial charge in [-0.1, -0.05) is 0 Å². The molecular weight excluding hydrogens is 323 g/mol. The SMILES string of the molecule is O=P(O)(O)O.[Ag].[CaH2].[CaH2].[CaH2]. The van der Waals surface area contributed by atoms with E-state index in [0.29, 0.717) is 0 Å². The third kappa shape index (κ3) is 66.6. The van der Waals surface area contributed by atoms with E-state index in [-0.39, 0.29) is 136 Å². The molecule has 0 saturated carbocycles. The zero-order valence-corrected chi connectivity index (χ0v) is 4.88. The van der Waals surface area contributed by atoms with Crippen molar-refractivity contribution in [2.24, 2.45) is 0 Å². The average molecular weight is 332 g/mol. The van der Waals surface area contributed by atoms with Crippen LogP contribution >= 0.6 is 7.82 Å². The van der Waals surface area contributed by atoms with Gasteiger partial charge in [0.25, 0.3) is 0 Å². The normalized spacial score (nSPS) is 6.56. The molecule has 0 fully saturated rings. The fourth-order valence-electron chi connectivity index (χ4n) is 0. The molecule has 0 unspecified atom stereocenters. The molecule has 9 heavy (non-hydrogen) atoms. The van der Waals surface area contributed by atoms with Crippen LogP contribution in [0, 0.1) is 0 Å². The molecule has 0 aliphatic carbocycles. The van der Waals surface area contributed by atoms with Crippen molar-refractivity contribution in [3.05, 3.63) is 0 Å². The molecule has 0 aromatic carbocycles. The summed E-state index contributed by atoms with van der Waals surface area (Å²) >= 11 is 0. The standard InChI is InChI=1S/Ag.3Ca.H3O4P.6H/c;;;;1-5(2,3)4;;;;;;/h;;;;(H3,1,2,3,4);;;;;;. The number of rotatable bonds is 0. The van der Waals surface area contributed by atoms with E-state index < -0.39 is 7.82 Å². The molecule has 0 spiro atoms. The predicted octanol–water partition coefficient (Wildman–Crippen LogP) is -3.68. The third-order valence-corrected chi connectivity index (χ3v) is 0. The van der Waals surface area contributed by atoms with E-state index in [4.69, 9.17) is 19.2 Å². The Morgan fingerprint density at radius 1 is 0.889 bits per heavy atom. The van der Waals surface area contributed by atoms with Gasteiger partial charge < -0.3 is 14.7 Å². The van der Waals surface area contributed by atoms with Crippen LogP contribution < -0.4 is 0 Å². The number of phosphoric acid groups is 1. The zero-order valence-electron chi connectivity index (χ0n) is 2.50. The minimum absolute atomic E-state index is 0. The Labute approximate surface area is 158 Å². The monoisotopic (exact) mass is 331 g/mol. The number of hydrogen-bond acceptors (Lipinski definition) is 1. The first-order valence-corrected chi connectivity index (χ1v) is 2.35. The van der Waals surface area contributed by atoms with Crippen molar-refractivity contribution < 1.29 is 41.6 Å². The summed E-state index contributed by atoms with van der Waals surface area (Å²) in [5, 5.41) is 0. The first-order chi connectivity index (χ1) is 2.00. The quantitative estimate of drug-likeness (QED) is 0.316. The van der Waals surface area contributed by atoms with Crippen LogP contribution in [-0.2, 0) is 26.9 Å². The topological polar surface area (TPSA) is 77.8 Å². The second-order valence-corrected chi connectivity index (χ2v) is 1.54. The fourth-order valence-corrected chi connectivity index (χ4v) is 0. The molecule has 9 heteroatoms. The van der Waals surface area contributed by atoms with Crippen LogP contribution in [0.2, 0.25) is 0 Å². The maximum absolute atomic E-state index is 8.88. The van der Waals surface area contributed by atoms with E-state index in [1.807, 2.05) is 0 Å². The summed E-state index contributed by atoms with van der Waals surface area (Å²) in [5.41, 5.74) is 0. The molecule has 0 aliphatic heterocycles. The van der Waals surface area contributed by atoms with Gasteiger partial charge in [-0.3, -0.25) is 0 Å². The second-order valence-electron chi connectivity index (χ2n) is 0.513. The predicted molar refractivity (Wildman–Crippen MR) is 39.9 cm³/mol. The van der Waals surface area contributed by atoms with Crippen molar-refractivity contribution in [3.63, 3.8) is 0 Å². The maximum atomic E-state index is 8.88. The molecule has 3 N–H and O–H groups in total. The average Bonchev–Trinajstić information content (AvgIpc) is 0.722. The van der Waals surface area contributed by atoms with Crippen LogP contribution in [-0.4, -0.2) is 128 Å². The molecule has 0 saturated heterocycles. The van der Waals surface area contributed by atoms with Crippen LogP contribution in [0.3, 0.4) is 0 Å². The molecule has 0 rings (SSSR count). The second kappa shape index (κ2) is 15.1. The van der Waals surface area contributed by atoms with E-state index in [1.165, 1.54) is 0 Å². The Balaban J connectivity index is -0.0000000133. The Morgan fingerprint density at radius 3 is 0.889 bits per heavy atom. The van der Waals surface area contributed by atoms with Gasteiger partial charge >= 0.3 is 121 Å². The Bertz CT molecular complexity index is 61.9. The summed E-state index contributed by atoms with van der Waals surface area (Å²) in [6, 6.07) is 0. The van der Waals surface area contributed by atoms with Crippen LogP contribution in [0.25, 0.3) is 0 Å². The van der Waals surface area contributed by atoms with Crippen LogP contribution in [0.15, 0.2) is 0 Å². The molecule has 0 amide bonds. The van der Waals surface area contributed by atoms with E-state index in [2.05, 4.69) is 0 Å². The van der Waals surface area contributed by atoms with E-state index in [1.54, 1.807) is 0 Å². The van der Waals surface area contributed by atoms with Gasteiger partial charge in [0.05, 0.1) is 0 Å². The van der Waals surface area contributed by atoms with Gasteiger partial charge in [0.2, 0.25) is 0 Å². The molecule has 0 atom stereocenters. The molecule has 0 aromatic heterocycles. The van der Waals surface area contributed by atoms with E-state index in [9.17, 15) is 0 Å². The Kier molecular flexibility index (Phi) is 49.0. The first kappa shape index (κ1) is 29.2. The van der Waals surface area contributed by atoms with E-state index >= 15 is 0 Å². The van der Waals surface area contributed by atoms with Gasteiger partial charge in [-0.05, 0) is 0 Å². The first-order valence-electron chi connectivity index (χ1n) is 0.783. The minimum atomic E-state index is -4.64. The van der Waals surface area contributed by atoms with Gasteiger partial charge in [-0.2, -0.15) is 0 Å².